The van der Waals surface area contributed by atoms with Crippen molar-refractivity contribution in [1.29, 1.82) is 0 Å². The lowest BCUT2D eigenvalue weighted by Crippen LogP contribution is -2.06. The SMILES string of the molecule is Nc1ccc(Nc2c(-c3ccc(N)cc3)nc(N)c(-c3ccc(N)cc3)c2-c2ccc(N)cc2)cc1. The van der Waals surface area contributed by atoms with Gasteiger partial charge in [0.05, 0.1) is 11.4 Å². The highest BCUT2D eigenvalue weighted by molar-refractivity contribution is 6.03. The van der Waals surface area contributed by atoms with Crippen molar-refractivity contribution in [2.24, 2.45) is 0 Å². The summed E-state index contributed by atoms with van der Waals surface area (Å²) in [6.07, 6.45) is 0. The van der Waals surface area contributed by atoms with Gasteiger partial charge in [-0.05, 0) is 71.8 Å². The average molecular weight is 474 g/mol. The highest BCUT2D eigenvalue weighted by Crippen LogP contribution is 2.46. The summed E-state index contributed by atoms with van der Waals surface area (Å²) in [6, 6.07) is 30.4. The third kappa shape index (κ3) is 4.45. The molecule has 7 nitrogen and oxygen atoms in total. The molecule has 0 unspecified atom stereocenters. The van der Waals surface area contributed by atoms with Gasteiger partial charge in [-0.15, -0.1) is 0 Å². The van der Waals surface area contributed by atoms with Crippen LogP contribution in [0.25, 0.3) is 33.5 Å². The first-order chi connectivity index (χ1) is 17.4. The average Bonchev–Trinajstić information content (AvgIpc) is 2.88. The van der Waals surface area contributed by atoms with Crippen molar-refractivity contribution >= 4 is 39.9 Å². The largest absolute Gasteiger partial charge is 0.399 e. The summed E-state index contributed by atoms with van der Waals surface area (Å²) in [6.45, 7) is 0. The van der Waals surface area contributed by atoms with Crippen LogP contribution in [0, 0.1) is 0 Å². The van der Waals surface area contributed by atoms with Gasteiger partial charge in [0.15, 0.2) is 0 Å². The Hall–Kier alpha value is -5.17. The lowest BCUT2D eigenvalue weighted by atomic mass is 9.91. The van der Waals surface area contributed by atoms with Crippen molar-refractivity contribution in [3.05, 3.63) is 97.1 Å². The minimum absolute atomic E-state index is 0.390. The van der Waals surface area contributed by atoms with Crippen LogP contribution < -0.4 is 34.0 Å². The normalized spacial score (nSPS) is 10.8. The molecule has 1 aromatic heterocycles. The van der Waals surface area contributed by atoms with E-state index in [1.165, 1.54) is 0 Å². The topological polar surface area (TPSA) is 155 Å². The lowest BCUT2D eigenvalue weighted by molar-refractivity contribution is 1.32. The van der Waals surface area contributed by atoms with Crippen molar-refractivity contribution in [3.8, 4) is 33.5 Å². The fourth-order valence-corrected chi connectivity index (χ4v) is 4.17. The standard InChI is InChI=1S/C29H27N7/c30-20-7-1-17(2-8-20)25-26(18-3-9-21(31)10-4-18)29(34)36-27(19-5-11-22(32)12-6-19)28(25)35-24-15-13-23(33)14-16-24/h1-16,35H,30-33H2,(H2,34,36). The molecule has 0 radical (unpaired) electrons. The number of aromatic nitrogens is 1. The van der Waals surface area contributed by atoms with Crippen molar-refractivity contribution in [2.45, 2.75) is 0 Å². The van der Waals surface area contributed by atoms with Crippen LogP contribution in [0.15, 0.2) is 97.1 Å². The molecule has 0 fully saturated rings. The predicted octanol–water partition coefficient (Wildman–Crippen LogP) is 5.74. The Balaban J connectivity index is 1.85. The van der Waals surface area contributed by atoms with Crippen LogP contribution in [0.3, 0.4) is 0 Å². The van der Waals surface area contributed by atoms with E-state index >= 15 is 0 Å². The van der Waals surface area contributed by atoms with Crippen LogP contribution in [-0.2, 0) is 0 Å². The highest BCUT2D eigenvalue weighted by atomic mass is 14.9. The summed E-state index contributed by atoms with van der Waals surface area (Å²) in [5.41, 5.74) is 39.9. The zero-order valence-corrected chi connectivity index (χ0v) is 19.6. The monoisotopic (exact) mass is 473 g/mol. The molecule has 0 saturated carbocycles. The van der Waals surface area contributed by atoms with Crippen LogP contribution in [0.4, 0.5) is 39.9 Å². The predicted molar refractivity (Wildman–Crippen MR) is 152 cm³/mol. The molecule has 0 atom stereocenters. The molecule has 4 aromatic carbocycles. The second-order valence-electron chi connectivity index (χ2n) is 8.58. The first-order valence-electron chi connectivity index (χ1n) is 11.4. The number of rotatable bonds is 5. The van der Waals surface area contributed by atoms with Gasteiger partial charge < -0.3 is 34.0 Å². The van der Waals surface area contributed by atoms with E-state index in [-0.39, 0.29) is 0 Å². The van der Waals surface area contributed by atoms with Crippen molar-refractivity contribution in [3.63, 3.8) is 0 Å². The number of nitrogens with two attached hydrogens (primary N) is 5. The third-order valence-electron chi connectivity index (χ3n) is 5.99. The van der Waals surface area contributed by atoms with Gasteiger partial charge in [-0.1, -0.05) is 36.4 Å². The molecular formula is C29H27N7. The van der Waals surface area contributed by atoms with Crippen molar-refractivity contribution < 1.29 is 0 Å². The fourth-order valence-electron chi connectivity index (χ4n) is 4.17. The Morgan fingerprint density at radius 1 is 0.444 bits per heavy atom. The summed E-state index contributed by atoms with van der Waals surface area (Å²) in [7, 11) is 0. The number of nitrogens with zero attached hydrogens (tertiary/aromatic N) is 1. The molecule has 7 heteroatoms. The smallest absolute Gasteiger partial charge is 0.132 e. The van der Waals surface area contributed by atoms with Gasteiger partial charge in [0, 0.05) is 45.1 Å². The zero-order valence-electron chi connectivity index (χ0n) is 19.6. The summed E-state index contributed by atoms with van der Waals surface area (Å²) in [4.78, 5) is 4.88. The van der Waals surface area contributed by atoms with E-state index in [0.717, 1.165) is 39.2 Å². The van der Waals surface area contributed by atoms with E-state index in [4.69, 9.17) is 33.7 Å². The minimum atomic E-state index is 0.390. The van der Waals surface area contributed by atoms with Gasteiger partial charge in [-0.3, -0.25) is 0 Å². The summed E-state index contributed by atoms with van der Waals surface area (Å²) in [5.74, 6) is 0.390. The number of nitrogens with one attached hydrogen (secondary N) is 1. The quantitative estimate of drug-likeness (QED) is 0.178. The first-order valence-corrected chi connectivity index (χ1v) is 11.4. The molecule has 0 aliphatic heterocycles. The molecule has 178 valence electrons. The Labute approximate surface area is 209 Å². The molecule has 0 saturated heterocycles. The van der Waals surface area contributed by atoms with E-state index < -0.39 is 0 Å². The number of anilines is 7. The summed E-state index contributed by atoms with van der Waals surface area (Å²) in [5, 5.41) is 3.58. The number of pyridine rings is 1. The van der Waals surface area contributed by atoms with Crippen LogP contribution >= 0.6 is 0 Å². The number of nitrogen functional groups attached to an aromatic ring is 5. The lowest BCUT2D eigenvalue weighted by Gasteiger charge is -2.22. The highest BCUT2D eigenvalue weighted by Gasteiger charge is 2.22. The summed E-state index contributed by atoms with van der Waals surface area (Å²) < 4.78 is 0. The number of hydrogen-bond donors (Lipinski definition) is 6. The minimum Gasteiger partial charge on any atom is -0.399 e. The zero-order chi connectivity index (χ0) is 25.2. The van der Waals surface area contributed by atoms with Crippen LogP contribution in [0.1, 0.15) is 0 Å². The molecule has 0 aliphatic carbocycles. The molecule has 5 aromatic rings. The first kappa shape index (κ1) is 22.6. The second kappa shape index (κ2) is 9.23. The molecule has 1 heterocycles. The van der Waals surface area contributed by atoms with Crippen molar-refractivity contribution in [2.75, 3.05) is 34.0 Å². The molecule has 36 heavy (non-hydrogen) atoms. The Bertz CT molecular complexity index is 1510. The van der Waals surface area contributed by atoms with E-state index in [1.807, 2.05) is 97.1 Å². The van der Waals surface area contributed by atoms with Gasteiger partial charge in [-0.2, -0.15) is 0 Å². The molecule has 0 spiro atoms. The number of hydrogen-bond acceptors (Lipinski definition) is 7. The maximum Gasteiger partial charge on any atom is 0.132 e. The van der Waals surface area contributed by atoms with Gasteiger partial charge >= 0.3 is 0 Å². The maximum atomic E-state index is 6.67. The molecule has 5 rings (SSSR count). The Kier molecular flexibility index (Phi) is 5.80. The van der Waals surface area contributed by atoms with Gasteiger partial charge in [0.2, 0.25) is 0 Å². The Morgan fingerprint density at radius 3 is 1.31 bits per heavy atom. The van der Waals surface area contributed by atoms with E-state index in [9.17, 15) is 0 Å². The molecule has 0 amide bonds. The molecular weight excluding hydrogens is 446 g/mol. The fraction of sp³-hybridized carbons (Fsp3) is 0. The number of benzene rings is 4. The van der Waals surface area contributed by atoms with Crippen molar-refractivity contribution in [1.82, 2.24) is 4.98 Å². The van der Waals surface area contributed by atoms with Crippen LogP contribution in [-0.4, -0.2) is 4.98 Å². The van der Waals surface area contributed by atoms with Crippen LogP contribution in [0.2, 0.25) is 0 Å². The molecule has 11 N–H and O–H groups in total. The molecule has 0 bridgehead atoms. The second-order valence-corrected chi connectivity index (χ2v) is 8.58. The van der Waals surface area contributed by atoms with Gasteiger partial charge in [-0.25, -0.2) is 4.98 Å². The van der Waals surface area contributed by atoms with E-state index in [1.54, 1.807) is 0 Å². The van der Waals surface area contributed by atoms with Gasteiger partial charge in [0.25, 0.3) is 0 Å². The maximum absolute atomic E-state index is 6.67. The third-order valence-corrected chi connectivity index (χ3v) is 5.99. The van der Waals surface area contributed by atoms with E-state index in [2.05, 4.69) is 5.32 Å². The molecule has 0 aliphatic rings. The Morgan fingerprint density at radius 2 is 0.833 bits per heavy atom. The van der Waals surface area contributed by atoms with E-state index in [0.29, 0.717) is 34.3 Å². The van der Waals surface area contributed by atoms with Gasteiger partial charge in [0.1, 0.15) is 5.82 Å². The summed E-state index contributed by atoms with van der Waals surface area (Å²) >= 11 is 0. The van der Waals surface area contributed by atoms with Crippen LogP contribution in [0.5, 0.6) is 0 Å².